The molecule has 0 fully saturated rings. The van der Waals surface area contributed by atoms with Crippen molar-refractivity contribution >= 4 is 29.3 Å². The fraction of sp³-hybridized carbons (Fsp3) is 0.429. The van der Waals surface area contributed by atoms with E-state index in [1.807, 2.05) is 24.5 Å². The molecule has 2 atom stereocenters. The van der Waals surface area contributed by atoms with Crippen LogP contribution >= 0.6 is 11.8 Å². The summed E-state index contributed by atoms with van der Waals surface area (Å²) in [5, 5.41) is 14.8. The molecule has 0 bridgehead atoms. The number of thioether (sulfide) groups is 1. The number of hydrogen-bond donors (Lipinski definition) is 3. The molecule has 2 unspecified atom stereocenters. The summed E-state index contributed by atoms with van der Waals surface area (Å²) in [6.45, 7) is 0.317. The molecular formula is C14H18N2O4S. The standard InChI is InChI=1S/C14H18N2O4S/c1-21-7-6-10(14(18)19)16-13(17)12-8-15-9-4-2-3-5-11(9)20-12/h2-5,10,12,15H,6-8H2,1H3,(H,16,17)(H,18,19). The predicted molar refractivity (Wildman–Crippen MR) is 81.9 cm³/mol. The minimum Gasteiger partial charge on any atom is -0.480 e. The van der Waals surface area contributed by atoms with E-state index in [2.05, 4.69) is 10.6 Å². The van der Waals surface area contributed by atoms with Crippen LogP contribution in [0, 0.1) is 0 Å². The van der Waals surface area contributed by atoms with Gasteiger partial charge in [0.1, 0.15) is 11.8 Å². The van der Waals surface area contributed by atoms with Crippen molar-refractivity contribution in [3.63, 3.8) is 0 Å². The van der Waals surface area contributed by atoms with E-state index in [4.69, 9.17) is 9.84 Å². The Morgan fingerprint density at radius 3 is 3.00 bits per heavy atom. The van der Waals surface area contributed by atoms with E-state index in [-0.39, 0.29) is 0 Å². The molecule has 0 aliphatic carbocycles. The SMILES string of the molecule is CSCCC(NC(=O)C1CNc2ccccc2O1)C(=O)O. The van der Waals surface area contributed by atoms with Gasteiger partial charge in [-0.2, -0.15) is 11.8 Å². The van der Waals surface area contributed by atoms with Crippen LogP contribution in [0.4, 0.5) is 5.69 Å². The summed E-state index contributed by atoms with van der Waals surface area (Å²) in [6.07, 6.45) is 1.56. The Balaban J connectivity index is 1.96. The van der Waals surface area contributed by atoms with E-state index in [1.165, 1.54) is 0 Å². The first kappa shape index (κ1) is 15.5. The number of rotatable bonds is 6. The molecular weight excluding hydrogens is 292 g/mol. The van der Waals surface area contributed by atoms with E-state index in [1.54, 1.807) is 17.8 Å². The van der Waals surface area contributed by atoms with Crippen LogP contribution in [0.15, 0.2) is 24.3 Å². The van der Waals surface area contributed by atoms with Gasteiger partial charge in [0, 0.05) is 0 Å². The zero-order chi connectivity index (χ0) is 15.2. The number of hydrogen-bond acceptors (Lipinski definition) is 5. The Hall–Kier alpha value is -1.89. The summed E-state index contributed by atoms with van der Waals surface area (Å²) >= 11 is 1.54. The molecule has 6 nitrogen and oxygen atoms in total. The van der Waals surface area contributed by atoms with Gasteiger partial charge < -0.3 is 20.5 Å². The molecule has 1 aliphatic rings. The maximum absolute atomic E-state index is 12.1. The van der Waals surface area contributed by atoms with Gasteiger partial charge in [0.25, 0.3) is 5.91 Å². The van der Waals surface area contributed by atoms with Crippen molar-refractivity contribution < 1.29 is 19.4 Å². The Bertz CT molecular complexity index is 523. The zero-order valence-corrected chi connectivity index (χ0v) is 12.5. The van der Waals surface area contributed by atoms with E-state index >= 15 is 0 Å². The lowest BCUT2D eigenvalue weighted by atomic mass is 10.2. The summed E-state index contributed by atoms with van der Waals surface area (Å²) in [4.78, 5) is 23.3. The minimum absolute atomic E-state index is 0.317. The lowest BCUT2D eigenvalue weighted by Gasteiger charge is -2.27. The summed E-state index contributed by atoms with van der Waals surface area (Å²) in [6, 6.07) is 6.44. The van der Waals surface area contributed by atoms with Gasteiger partial charge in [0.15, 0.2) is 6.10 Å². The van der Waals surface area contributed by atoms with Crippen LogP contribution in [0.3, 0.4) is 0 Å². The molecule has 0 spiro atoms. The molecule has 0 saturated carbocycles. The Labute approximate surface area is 127 Å². The molecule has 1 amide bonds. The Kier molecular flexibility index (Phi) is 5.32. The van der Waals surface area contributed by atoms with Gasteiger partial charge in [-0.25, -0.2) is 4.79 Å². The quantitative estimate of drug-likeness (QED) is 0.731. The molecule has 1 aromatic carbocycles. The van der Waals surface area contributed by atoms with Crippen molar-refractivity contribution in [2.75, 3.05) is 23.9 Å². The van der Waals surface area contributed by atoms with Gasteiger partial charge in [-0.15, -0.1) is 0 Å². The second kappa shape index (κ2) is 7.21. The molecule has 0 saturated heterocycles. The summed E-state index contributed by atoms with van der Waals surface area (Å²) < 4.78 is 5.61. The summed E-state index contributed by atoms with van der Waals surface area (Å²) in [5.41, 5.74) is 0.832. The highest BCUT2D eigenvalue weighted by Gasteiger charge is 2.29. The molecule has 1 heterocycles. The number of carbonyl (C=O) groups is 2. The van der Waals surface area contributed by atoms with Gasteiger partial charge in [-0.1, -0.05) is 12.1 Å². The third kappa shape index (κ3) is 4.04. The van der Waals surface area contributed by atoms with Crippen molar-refractivity contribution in [1.82, 2.24) is 5.32 Å². The molecule has 7 heteroatoms. The van der Waals surface area contributed by atoms with Crippen LogP contribution in [0.2, 0.25) is 0 Å². The maximum Gasteiger partial charge on any atom is 0.326 e. The number of para-hydroxylation sites is 2. The van der Waals surface area contributed by atoms with Gasteiger partial charge >= 0.3 is 5.97 Å². The molecule has 1 aromatic rings. The van der Waals surface area contributed by atoms with Crippen LogP contribution in [-0.2, 0) is 9.59 Å². The lowest BCUT2D eigenvalue weighted by Crippen LogP contribution is -2.50. The van der Waals surface area contributed by atoms with Crippen LogP contribution < -0.4 is 15.4 Å². The predicted octanol–water partition coefficient (Wildman–Crippen LogP) is 1.18. The fourth-order valence-corrected chi connectivity index (χ4v) is 2.49. The van der Waals surface area contributed by atoms with Gasteiger partial charge in [0.05, 0.1) is 12.2 Å². The second-order valence-corrected chi connectivity index (χ2v) is 5.65. The Morgan fingerprint density at radius 2 is 2.29 bits per heavy atom. The smallest absolute Gasteiger partial charge is 0.326 e. The van der Waals surface area contributed by atoms with E-state index in [9.17, 15) is 9.59 Å². The zero-order valence-electron chi connectivity index (χ0n) is 11.7. The summed E-state index contributed by atoms with van der Waals surface area (Å²) in [5.74, 6) is -0.170. The third-order valence-corrected chi connectivity index (χ3v) is 3.80. The van der Waals surface area contributed by atoms with Gasteiger partial charge in [0.2, 0.25) is 0 Å². The maximum atomic E-state index is 12.1. The first-order valence-electron chi connectivity index (χ1n) is 6.63. The summed E-state index contributed by atoms with van der Waals surface area (Å²) in [7, 11) is 0. The van der Waals surface area contributed by atoms with Crippen molar-refractivity contribution in [1.29, 1.82) is 0 Å². The number of nitrogens with one attached hydrogen (secondary N) is 2. The Morgan fingerprint density at radius 1 is 1.52 bits per heavy atom. The average molecular weight is 310 g/mol. The fourth-order valence-electron chi connectivity index (χ4n) is 2.02. The number of amides is 1. The molecule has 0 aromatic heterocycles. The van der Waals surface area contributed by atoms with Crippen molar-refractivity contribution in [3.8, 4) is 5.75 Å². The van der Waals surface area contributed by atoms with Crippen LogP contribution in [0.25, 0.3) is 0 Å². The van der Waals surface area contributed by atoms with E-state index < -0.39 is 24.0 Å². The van der Waals surface area contributed by atoms with Crippen molar-refractivity contribution in [2.45, 2.75) is 18.6 Å². The van der Waals surface area contributed by atoms with Crippen molar-refractivity contribution in [3.05, 3.63) is 24.3 Å². The molecule has 2 rings (SSSR count). The number of aliphatic carboxylic acids is 1. The van der Waals surface area contributed by atoms with E-state index in [0.29, 0.717) is 24.5 Å². The lowest BCUT2D eigenvalue weighted by molar-refractivity contribution is -0.143. The molecule has 0 radical (unpaired) electrons. The largest absolute Gasteiger partial charge is 0.480 e. The number of ether oxygens (including phenoxy) is 1. The highest BCUT2D eigenvalue weighted by Crippen LogP contribution is 2.28. The number of fused-ring (bicyclic) bond motifs is 1. The molecule has 1 aliphatic heterocycles. The van der Waals surface area contributed by atoms with Gasteiger partial charge in [-0.05, 0) is 30.6 Å². The highest BCUT2D eigenvalue weighted by atomic mass is 32.2. The number of anilines is 1. The number of carboxylic acids is 1. The first-order chi connectivity index (χ1) is 10.1. The number of carbonyl (C=O) groups excluding carboxylic acids is 1. The average Bonchev–Trinajstić information content (AvgIpc) is 2.50. The normalized spacial score (nSPS) is 17.9. The second-order valence-electron chi connectivity index (χ2n) is 4.66. The number of benzene rings is 1. The molecule has 114 valence electrons. The third-order valence-electron chi connectivity index (χ3n) is 3.15. The van der Waals surface area contributed by atoms with Crippen molar-refractivity contribution in [2.24, 2.45) is 0 Å². The highest BCUT2D eigenvalue weighted by molar-refractivity contribution is 7.98. The van der Waals surface area contributed by atoms with Crippen LogP contribution in [0.5, 0.6) is 5.75 Å². The van der Waals surface area contributed by atoms with Crippen LogP contribution in [0.1, 0.15) is 6.42 Å². The minimum atomic E-state index is -1.03. The van der Waals surface area contributed by atoms with Crippen LogP contribution in [-0.4, -0.2) is 47.7 Å². The monoisotopic (exact) mass is 310 g/mol. The molecule has 3 N–H and O–H groups in total. The first-order valence-corrected chi connectivity index (χ1v) is 8.03. The number of carboxylic acid groups (broad SMARTS) is 1. The van der Waals surface area contributed by atoms with Gasteiger partial charge in [-0.3, -0.25) is 4.79 Å². The van der Waals surface area contributed by atoms with E-state index in [0.717, 1.165) is 5.69 Å². The molecule has 21 heavy (non-hydrogen) atoms. The topological polar surface area (TPSA) is 87.7 Å².